The van der Waals surface area contributed by atoms with Crippen molar-refractivity contribution >= 4 is 11.0 Å². The summed E-state index contributed by atoms with van der Waals surface area (Å²) in [6.07, 6.45) is 0. The number of hydrogen-bond acceptors (Lipinski definition) is 3. The van der Waals surface area contributed by atoms with E-state index in [4.69, 9.17) is 9.72 Å². The van der Waals surface area contributed by atoms with E-state index < -0.39 is 0 Å². The van der Waals surface area contributed by atoms with Gasteiger partial charge in [-0.15, -0.1) is 0 Å². The molecular weight excluding hydrogens is 286 g/mol. The predicted molar refractivity (Wildman–Crippen MR) is 91.3 cm³/mol. The molecule has 118 valence electrons. The van der Waals surface area contributed by atoms with Crippen molar-refractivity contribution in [2.75, 3.05) is 13.2 Å². The van der Waals surface area contributed by atoms with Crippen molar-refractivity contribution in [2.45, 2.75) is 26.1 Å². The molecule has 1 aliphatic heterocycles. The van der Waals surface area contributed by atoms with E-state index >= 15 is 0 Å². The molecule has 3 aromatic rings. The monoisotopic (exact) mass is 307 g/mol. The largest absolute Gasteiger partial charge is 0.371 e. The lowest BCUT2D eigenvalue weighted by Gasteiger charge is -2.26. The standard InChI is InChI=1S/C19H21N3O/c1-14-7-8-17-18(9-14)22-16(12-23-13-19(22)21-17)11-20-10-15-5-3-2-4-6-15/h2-9,16,20H,10-13H2,1H3/t16-/m0/s1. The van der Waals surface area contributed by atoms with Crippen LogP contribution in [0.5, 0.6) is 0 Å². The molecule has 4 heteroatoms. The minimum atomic E-state index is 0.286. The molecule has 0 radical (unpaired) electrons. The van der Waals surface area contributed by atoms with Crippen LogP contribution in [0.1, 0.15) is 23.0 Å². The van der Waals surface area contributed by atoms with Crippen LogP contribution >= 0.6 is 0 Å². The van der Waals surface area contributed by atoms with Crippen molar-refractivity contribution < 1.29 is 4.74 Å². The predicted octanol–water partition coefficient (Wildman–Crippen LogP) is 3.21. The number of benzene rings is 2. The molecule has 0 fully saturated rings. The van der Waals surface area contributed by atoms with E-state index in [2.05, 4.69) is 59.3 Å². The third-order valence-electron chi connectivity index (χ3n) is 4.38. The smallest absolute Gasteiger partial charge is 0.136 e. The first-order valence-corrected chi connectivity index (χ1v) is 8.11. The van der Waals surface area contributed by atoms with Crippen LogP contribution < -0.4 is 5.32 Å². The molecule has 0 aliphatic carbocycles. The van der Waals surface area contributed by atoms with Crippen molar-refractivity contribution in [3.05, 3.63) is 65.5 Å². The van der Waals surface area contributed by atoms with Gasteiger partial charge in [0, 0.05) is 13.1 Å². The number of fused-ring (bicyclic) bond motifs is 3. The zero-order valence-electron chi connectivity index (χ0n) is 13.3. The number of hydrogen-bond donors (Lipinski definition) is 1. The Kier molecular flexibility index (Phi) is 3.85. The molecule has 2 aromatic carbocycles. The van der Waals surface area contributed by atoms with Crippen LogP contribution in [0.4, 0.5) is 0 Å². The molecule has 1 aromatic heterocycles. The zero-order chi connectivity index (χ0) is 15.6. The fourth-order valence-electron chi connectivity index (χ4n) is 3.25. The maximum atomic E-state index is 5.75. The number of rotatable bonds is 4. The van der Waals surface area contributed by atoms with Crippen molar-refractivity contribution in [3.8, 4) is 0 Å². The van der Waals surface area contributed by atoms with Gasteiger partial charge in [0.25, 0.3) is 0 Å². The highest BCUT2D eigenvalue weighted by Crippen LogP contribution is 2.26. The molecule has 0 saturated heterocycles. The molecule has 0 amide bonds. The SMILES string of the molecule is Cc1ccc2nc3n(c2c1)[C@@H](CNCc1ccccc1)COC3. The molecule has 0 unspecified atom stereocenters. The van der Waals surface area contributed by atoms with Crippen LogP contribution in [0, 0.1) is 6.92 Å². The van der Waals surface area contributed by atoms with Gasteiger partial charge in [0.1, 0.15) is 12.4 Å². The Morgan fingerprint density at radius 1 is 1.22 bits per heavy atom. The number of aromatic nitrogens is 2. The summed E-state index contributed by atoms with van der Waals surface area (Å²) in [4.78, 5) is 4.72. The van der Waals surface area contributed by atoms with Crippen LogP contribution in [-0.4, -0.2) is 22.7 Å². The Morgan fingerprint density at radius 3 is 2.96 bits per heavy atom. The Hall–Kier alpha value is -2.17. The molecule has 23 heavy (non-hydrogen) atoms. The van der Waals surface area contributed by atoms with Gasteiger partial charge in [0.15, 0.2) is 0 Å². The van der Waals surface area contributed by atoms with Crippen molar-refractivity contribution in [2.24, 2.45) is 0 Å². The lowest BCUT2D eigenvalue weighted by Crippen LogP contribution is -2.32. The van der Waals surface area contributed by atoms with E-state index in [-0.39, 0.29) is 6.04 Å². The number of ether oxygens (including phenoxy) is 1. The molecule has 0 saturated carbocycles. The van der Waals surface area contributed by atoms with E-state index in [0.717, 1.165) is 31.0 Å². The van der Waals surface area contributed by atoms with Crippen LogP contribution in [0.2, 0.25) is 0 Å². The Balaban J connectivity index is 1.55. The summed E-state index contributed by atoms with van der Waals surface area (Å²) in [7, 11) is 0. The Morgan fingerprint density at radius 2 is 2.09 bits per heavy atom. The van der Waals surface area contributed by atoms with E-state index in [0.29, 0.717) is 6.61 Å². The Bertz CT molecular complexity index is 810. The second-order valence-electron chi connectivity index (χ2n) is 6.18. The van der Waals surface area contributed by atoms with Gasteiger partial charge >= 0.3 is 0 Å². The van der Waals surface area contributed by atoms with Gasteiger partial charge in [-0.25, -0.2) is 4.98 Å². The summed E-state index contributed by atoms with van der Waals surface area (Å²) in [5.74, 6) is 1.03. The van der Waals surface area contributed by atoms with Crippen molar-refractivity contribution in [1.29, 1.82) is 0 Å². The summed E-state index contributed by atoms with van der Waals surface area (Å²) < 4.78 is 8.10. The lowest BCUT2D eigenvalue weighted by molar-refractivity contribution is 0.0564. The van der Waals surface area contributed by atoms with Crippen LogP contribution in [0.25, 0.3) is 11.0 Å². The van der Waals surface area contributed by atoms with Crippen molar-refractivity contribution in [3.63, 3.8) is 0 Å². The van der Waals surface area contributed by atoms with Gasteiger partial charge in [0.05, 0.1) is 23.7 Å². The number of nitrogens with zero attached hydrogens (tertiary/aromatic N) is 2. The second kappa shape index (κ2) is 6.14. The summed E-state index contributed by atoms with van der Waals surface area (Å²) in [6.45, 7) is 5.21. The molecule has 1 aliphatic rings. The zero-order valence-corrected chi connectivity index (χ0v) is 13.3. The van der Waals surface area contributed by atoms with E-state index in [9.17, 15) is 0 Å². The van der Waals surface area contributed by atoms with E-state index in [1.165, 1.54) is 16.6 Å². The Labute approximate surface area is 136 Å². The molecular formula is C19H21N3O. The minimum absolute atomic E-state index is 0.286. The highest BCUT2D eigenvalue weighted by Gasteiger charge is 2.23. The molecule has 1 N–H and O–H groups in total. The van der Waals surface area contributed by atoms with Gasteiger partial charge < -0.3 is 14.6 Å². The van der Waals surface area contributed by atoms with Gasteiger partial charge in [0.2, 0.25) is 0 Å². The molecule has 0 bridgehead atoms. The maximum Gasteiger partial charge on any atom is 0.136 e. The maximum absolute atomic E-state index is 5.75. The first-order chi connectivity index (χ1) is 11.3. The van der Waals surface area contributed by atoms with Crippen LogP contribution in [-0.2, 0) is 17.9 Å². The fraction of sp³-hybridized carbons (Fsp3) is 0.316. The van der Waals surface area contributed by atoms with E-state index in [1.54, 1.807) is 0 Å². The third kappa shape index (κ3) is 2.87. The first-order valence-electron chi connectivity index (χ1n) is 8.11. The van der Waals surface area contributed by atoms with E-state index in [1.807, 2.05) is 6.07 Å². The average Bonchev–Trinajstić information content (AvgIpc) is 2.94. The number of nitrogens with one attached hydrogen (secondary N) is 1. The summed E-state index contributed by atoms with van der Waals surface area (Å²) in [6, 6.07) is 17.2. The molecule has 1 atom stereocenters. The molecule has 2 heterocycles. The van der Waals surface area contributed by atoms with Crippen LogP contribution in [0.3, 0.4) is 0 Å². The van der Waals surface area contributed by atoms with Crippen molar-refractivity contribution in [1.82, 2.24) is 14.9 Å². The summed E-state index contributed by atoms with van der Waals surface area (Å²) >= 11 is 0. The third-order valence-corrected chi connectivity index (χ3v) is 4.38. The fourth-order valence-corrected chi connectivity index (χ4v) is 3.25. The highest BCUT2D eigenvalue weighted by atomic mass is 16.5. The van der Waals surface area contributed by atoms with Gasteiger partial charge in [-0.05, 0) is 30.2 Å². The van der Waals surface area contributed by atoms with Gasteiger partial charge in [-0.2, -0.15) is 0 Å². The lowest BCUT2D eigenvalue weighted by atomic mass is 10.2. The van der Waals surface area contributed by atoms with Gasteiger partial charge in [-0.3, -0.25) is 0 Å². The highest BCUT2D eigenvalue weighted by molar-refractivity contribution is 5.77. The normalized spacial score (nSPS) is 17.3. The quantitative estimate of drug-likeness (QED) is 0.804. The molecule has 4 rings (SSSR count). The first kappa shape index (κ1) is 14.4. The molecule has 4 nitrogen and oxygen atoms in total. The summed E-state index contributed by atoms with van der Waals surface area (Å²) in [5.41, 5.74) is 4.84. The van der Waals surface area contributed by atoms with Crippen LogP contribution in [0.15, 0.2) is 48.5 Å². The number of imidazole rings is 1. The van der Waals surface area contributed by atoms with Gasteiger partial charge in [-0.1, -0.05) is 36.4 Å². The molecule has 0 spiro atoms. The average molecular weight is 307 g/mol. The summed E-state index contributed by atoms with van der Waals surface area (Å²) in [5, 5.41) is 3.55. The second-order valence-corrected chi connectivity index (χ2v) is 6.18. The minimum Gasteiger partial charge on any atom is -0.371 e. The number of aryl methyl sites for hydroxylation is 1. The topological polar surface area (TPSA) is 39.1 Å².